The molecule has 1 aliphatic heterocycles. The van der Waals surface area contributed by atoms with Crippen LogP contribution in [-0.2, 0) is 4.84 Å². The number of anilines is 1. The Kier molecular flexibility index (Phi) is 4.43. The Hall–Kier alpha value is -2.60. The highest BCUT2D eigenvalue weighted by Crippen LogP contribution is 2.24. The first kappa shape index (κ1) is 15.3. The second-order valence-electron chi connectivity index (χ2n) is 5.28. The lowest BCUT2D eigenvalue weighted by Gasteiger charge is -2.37. The average Bonchev–Trinajstić information content (AvgIpc) is 2.57. The van der Waals surface area contributed by atoms with Crippen molar-refractivity contribution in [2.45, 2.75) is 6.30 Å². The van der Waals surface area contributed by atoms with E-state index < -0.39 is 12.3 Å². The number of phenolic OH excluding ortho intramolecular Hbond substituents is 1. The molecule has 0 aliphatic carbocycles. The van der Waals surface area contributed by atoms with E-state index in [0.29, 0.717) is 24.3 Å². The van der Waals surface area contributed by atoms with Gasteiger partial charge in [-0.3, -0.25) is 0 Å². The predicted molar refractivity (Wildman–Crippen MR) is 83.8 cm³/mol. The van der Waals surface area contributed by atoms with Crippen LogP contribution in [0.15, 0.2) is 54.6 Å². The fourth-order valence-electron chi connectivity index (χ4n) is 2.48. The molecule has 1 heterocycles. The van der Waals surface area contributed by atoms with Gasteiger partial charge in [0.15, 0.2) is 6.30 Å². The van der Waals surface area contributed by atoms with Gasteiger partial charge in [0.25, 0.3) is 0 Å². The van der Waals surface area contributed by atoms with Gasteiger partial charge in [0, 0.05) is 12.2 Å². The highest BCUT2D eigenvalue weighted by molar-refractivity contribution is 5.89. The molecule has 1 fully saturated rings. The van der Waals surface area contributed by atoms with Crippen molar-refractivity contribution in [2.75, 3.05) is 24.5 Å². The Morgan fingerprint density at radius 1 is 1.09 bits per heavy atom. The zero-order valence-corrected chi connectivity index (χ0v) is 12.4. The van der Waals surface area contributed by atoms with Crippen LogP contribution in [0.3, 0.4) is 0 Å². The molecule has 120 valence electrons. The van der Waals surface area contributed by atoms with E-state index >= 15 is 0 Å². The maximum absolute atomic E-state index is 14.4. The Bertz CT molecular complexity index is 663. The summed E-state index contributed by atoms with van der Waals surface area (Å²) in [6, 6.07) is 15.0. The third-order valence-electron chi connectivity index (χ3n) is 3.69. The zero-order chi connectivity index (χ0) is 16.2. The lowest BCUT2D eigenvalue weighted by molar-refractivity contribution is -0.128. The van der Waals surface area contributed by atoms with Crippen LogP contribution in [0.5, 0.6) is 5.75 Å². The van der Waals surface area contributed by atoms with Gasteiger partial charge in [0.05, 0.1) is 18.7 Å². The van der Waals surface area contributed by atoms with Crippen molar-refractivity contribution in [3.8, 4) is 5.75 Å². The van der Waals surface area contributed by atoms with E-state index in [4.69, 9.17) is 4.84 Å². The number of hydrogen-bond donors (Lipinski definition) is 1. The van der Waals surface area contributed by atoms with E-state index in [2.05, 4.69) is 0 Å². The van der Waals surface area contributed by atoms with Crippen LogP contribution in [0.1, 0.15) is 10.4 Å². The molecule has 1 saturated heterocycles. The number of alkyl halides is 1. The molecule has 3 rings (SSSR count). The molecular formula is C17H17FN2O3. The van der Waals surface area contributed by atoms with Gasteiger partial charge in [-0.2, -0.15) is 0 Å². The van der Waals surface area contributed by atoms with E-state index in [-0.39, 0.29) is 12.3 Å². The lowest BCUT2D eigenvalue weighted by Crippen LogP contribution is -2.51. The summed E-state index contributed by atoms with van der Waals surface area (Å²) in [6.07, 6.45) is -1.29. The zero-order valence-electron chi connectivity index (χ0n) is 12.4. The maximum Gasteiger partial charge on any atom is 0.357 e. The molecule has 5 nitrogen and oxygen atoms in total. The fourth-order valence-corrected chi connectivity index (χ4v) is 2.48. The predicted octanol–water partition coefficient (Wildman–Crippen LogP) is 2.58. The average molecular weight is 316 g/mol. The first-order valence-corrected chi connectivity index (χ1v) is 7.35. The van der Waals surface area contributed by atoms with Crippen LogP contribution < -0.4 is 4.90 Å². The van der Waals surface area contributed by atoms with Crippen molar-refractivity contribution >= 4 is 11.7 Å². The molecule has 0 bridgehead atoms. The summed E-state index contributed by atoms with van der Waals surface area (Å²) in [6.45, 7) is 0.757. The molecule has 1 N–H and O–H groups in total. The van der Waals surface area contributed by atoms with Gasteiger partial charge < -0.3 is 14.8 Å². The smallest absolute Gasteiger partial charge is 0.357 e. The number of hydroxylamine groups is 2. The van der Waals surface area contributed by atoms with Gasteiger partial charge in [-0.05, 0) is 36.4 Å². The first-order valence-electron chi connectivity index (χ1n) is 7.35. The van der Waals surface area contributed by atoms with Gasteiger partial charge in [-0.15, -0.1) is 5.06 Å². The normalized spacial score (nSPS) is 18.7. The number of carbonyl (C=O) groups is 1. The van der Waals surface area contributed by atoms with Crippen LogP contribution in [0.4, 0.5) is 10.1 Å². The number of piperazine rings is 1. The summed E-state index contributed by atoms with van der Waals surface area (Å²) in [7, 11) is 0. The maximum atomic E-state index is 14.4. The Labute approximate surface area is 133 Å². The third kappa shape index (κ3) is 3.60. The summed E-state index contributed by atoms with van der Waals surface area (Å²) < 4.78 is 14.4. The molecule has 1 unspecified atom stereocenters. The highest BCUT2D eigenvalue weighted by atomic mass is 19.1. The van der Waals surface area contributed by atoms with E-state index in [1.54, 1.807) is 41.3 Å². The molecule has 2 aromatic carbocycles. The van der Waals surface area contributed by atoms with Crippen LogP contribution in [0.25, 0.3) is 0 Å². The van der Waals surface area contributed by atoms with E-state index in [1.165, 1.54) is 17.2 Å². The van der Waals surface area contributed by atoms with Crippen LogP contribution in [0, 0.1) is 0 Å². The van der Waals surface area contributed by atoms with Crippen molar-refractivity contribution < 1.29 is 19.1 Å². The molecule has 0 spiro atoms. The molecule has 1 aliphatic rings. The second-order valence-corrected chi connectivity index (χ2v) is 5.28. The molecular weight excluding hydrogens is 299 g/mol. The minimum Gasteiger partial charge on any atom is -0.508 e. The quantitative estimate of drug-likeness (QED) is 0.882. The number of halogens is 1. The number of rotatable bonds is 3. The first-order chi connectivity index (χ1) is 11.1. The van der Waals surface area contributed by atoms with Gasteiger partial charge in [0.2, 0.25) is 0 Å². The van der Waals surface area contributed by atoms with Gasteiger partial charge in [-0.1, -0.05) is 18.2 Å². The van der Waals surface area contributed by atoms with E-state index in [1.807, 2.05) is 6.07 Å². The largest absolute Gasteiger partial charge is 0.508 e. The van der Waals surface area contributed by atoms with Crippen molar-refractivity contribution in [3.63, 3.8) is 0 Å². The lowest BCUT2D eigenvalue weighted by atomic mass is 10.2. The van der Waals surface area contributed by atoms with Gasteiger partial charge >= 0.3 is 5.97 Å². The van der Waals surface area contributed by atoms with Crippen molar-refractivity contribution in [1.82, 2.24) is 5.06 Å². The molecule has 6 heteroatoms. The van der Waals surface area contributed by atoms with Crippen molar-refractivity contribution in [3.05, 3.63) is 60.2 Å². The van der Waals surface area contributed by atoms with Crippen molar-refractivity contribution in [2.24, 2.45) is 0 Å². The Balaban J connectivity index is 1.60. The van der Waals surface area contributed by atoms with Gasteiger partial charge in [0.1, 0.15) is 5.75 Å². The molecule has 0 amide bonds. The number of aromatic hydroxyl groups is 1. The summed E-state index contributed by atoms with van der Waals surface area (Å²) in [5, 5.41) is 10.6. The molecule has 2 aromatic rings. The number of phenols is 1. The van der Waals surface area contributed by atoms with Crippen LogP contribution >= 0.6 is 0 Å². The molecule has 1 atom stereocenters. The Morgan fingerprint density at radius 3 is 2.43 bits per heavy atom. The highest BCUT2D eigenvalue weighted by Gasteiger charge is 2.29. The number of hydrogen-bond acceptors (Lipinski definition) is 5. The third-order valence-corrected chi connectivity index (χ3v) is 3.69. The number of nitrogens with zero attached hydrogens (tertiary/aromatic N) is 2. The molecule has 0 aromatic heterocycles. The molecule has 0 saturated carbocycles. The minimum absolute atomic E-state index is 0.0283. The fraction of sp³-hybridized carbons (Fsp3) is 0.235. The summed E-state index contributed by atoms with van der Waals surface area (Å²) >= 11 is 0. The Morgan fingerprint density at radius 2 is 1.78 bits per heavy atom. The standard InChI is InChI=1S/C17H17FN2O3/c18-16-12-19(23-17(22)13-4-2-1-3-5-13)10-11-20(16)14-6-8-15(21)9-7-14/h1-9,16,21H,10-12H2. The SMILES string of the molecule is O=C(ON1CCN(c2ccc(O)cc2)C(F)C1)c1ccccc1. The van der Waals surface area contributed by atoms with Gasteiger partial charge in [-0.25, -0.2) is 9.18 Å². The van der Waals surface area contributed by atoms with E-state index in [0.717, 1.165) is 0 Å². The van der Waals surface area contributed by atoms with E-state index in [9.17, 15) is 14.3 Å². The topological polar surface area (TPSA) is 53.0 Å². The number of carbonyl (C=O) groups excluding carboxylic acids is 1. The summed E-state index contributed by atoms with van der Waals surface area (Å²) in [5.74, 6) is -0.351. The van der Waals surface area contributed by atoms with Crippen LogP contribution in [-0.4, -0.2) is 42.1 Å². The molecule has 23 heavy (non-hydrogen) atoms. The van der Waals surface area contributed by atoms with Crippen LogP contribution in [0.2, 0.25) is 0 Å². The summed E-state index contributed by atoms with van der Waals surface area (Å²) in [4.78, 5) is 18.8. The monoisotopic (exact) mass is 316 g/mol. The summed E-state index contributed by atoms with van der Waals surface area (Å²) in [5.41, 5.74) is 1.12. The second kappa shape index (κ2) is 6.66. The number of benzene rings is 2. The molecule has 0 radical (unpaired) electrons. The van der Waals surface area contributed by atoms with Crippen molar-refractivity contribution in [1.29, 1.82) is 0 Å². The minimum atomic E-state index is -1.29.